The summed E-state index contributed by atoms with van der Waals surface area (Å²) in [6.45, 7) is 2.89. The van der Waals surface area contributed by atoms with Crippen LogP contribution in [-0.2, 0) is 9.59 Å². The third kappa shape index (κ3) is 2.48. The van der Waals surface area contributed by atoms with Gasteiger partial charge in [-0.15, -0.1) is 0 Å². The molecule has 2 aliphatic rings. The first-order valence-electron chi connectivity index (χ1n) is 6.86. The number of hydrogen-bond acceptors (Lipinski definition) is 2. The van der Waals surface area contributed by atoms with Crippen molar-refractivity contribution in [1.29, 1.82) is 0 Å². The molecule has 1 aromatic rings. The first kappa shape index (κ1) is 12.2. The number of amides is 2. The first-order valence-corrected chi connectivity index (χ1v) is 6.86. The lowest BCUT2D eigenvalue weighted by atomic mass is 10.2. The van der Waals surface area contributed by atoms with Crippen LogP contribution in [0.2, 0.25) is 0 Å². The van der Waals surface area contributed by atoms with Gasteiger partial charge in [0.2, 0.25) is 11.8 Å². The second kappa shape index (κ2) is 4.68. The normalized spacial score (nSPS) is 25.5. The van der Waals surface area contributed by atoms with Crippen molar-refractivity contribution in [3.63, 3.8) is 0 Å². The molecular formula is C15H18N2O2. The van der Waals surface area contributed by atoms with Crippen LogP contribution in [0.15, 0.2) is 24.3 Å². The van der Waals surface area contributed by atoms with Gasteiger partial charge in [-0.05, 0) is 43.0 Å². The molecule has 3 rings (SSSR count). The maximum absolute atomic E-state index is 11.8. The minimum absolute atomic E-state index is 0.109. The molecular weight excluding hydrogens is 240 g/mol. The monoisotopic (exact) mass is 258 g/mol. The lowest BCUT2D eigenvalue weighted by molar-refractivity contribution is -0.118. The number of anilines is 2. The SMILES string of the molecule is C[C@H]1C[C@@H]1C(=O)Nc1ccc(N2CCCC2=O)cc1. The standard InChI is InChI=1S/C15H18N2O2/c1-10-9-13(10)15(19)16-11-4-6-12(7-5-11)17-8-2-3-14(17)18/h4-7,10,13H,2-3,8-9H2,1H3,(H,16,19)/t10-,13-/m0/s1. The van der Waals surface area contributed by atoms with E-state index in [0.717, 1.165) is 30.8 Å². The van der Waals surface area contributed by atoms with Crippen LogP contribution >= 0.6 is 0 Å². The van der Waals surface area contributed by atoms with Crippen LogP contribution in [0, 0.1) is 11.8 Å². The van der Waals surface area contributed by atoms with E-state index in [1.165, 1.54) is 0 Å². The molecule has 0 bridgehead atoms. The van der Waals surface area contributed by atoms with E-state index in [4.69, 9.17) is 0 Å². The number of nitrogens with one attached hydrogen (secondary N) is 1. The third-order valence-corrected chi connectivity index (χ3v) is 3.97. The van der Waals surface area contributed by atoms with Crippen molar-refractivity contribution in [2.45, 2.75) is 26.2 Å². The maximum Gasteiger partial charge on any atom is 0.227 e. The summed E-state index contributed by atoms with van der Waals surface area (Å²) in [5.74, 6) is 0.988. The van der Waals surface area contributed by atoms with Gasteiger partial charge in [0, 0.05) is 30.3 Å². The molecule has 19 heavy (non-hydrogen) atoms. The van der Waals surface area contributed by atoms with Gasteiger partial charge in [0.15, 0.2) is 0 Å². The number of hydrogen-bond donors (Lipinski definition) is 1. The van der Waals surface area contributed by atoms with E-state index in [-0.39, 0.29) is 17.7 Å². The van der Waals surface area contributed by atoms with E-state index in [0.29, 0.717) is 12.3 Å². The van der Waals surface area contributed by atoms with Gasteiger partial charge in [-0.25, -0.2) is 0 Å². The number of benzene rings is 1. The predicted molar refractivity (Wildman–Crippen MR) is 73.9 cm³/mol. The Morgan fingerprint density at radius 2 is 2.00 bits per heavy atom. The van der Waals surface area contributed by atoms with Gasteiger partial charge in [-0.2, -0.15) is 0 Å². The van der Waals surface area contributed by atoms with Crippen molar-refractivity contribution in [3.8, 4) is 0 Å². The number of carbonyl (C=O) groups is 2. The van der Waals surface area contributed by atoms with Crippen LogP contribution in [-0.4, -0.2) is 18.4 Å². The molecule has 2 amide bonds. The van der Waals surface area contributed by atoms with Gasteiger partial charge < -0.3 is 10.2 Å². The largest absolute Gasteiger partial charge is 0.326 e. The van der Waals surface area contributed by atoms with Crippen LogP contribution in [0.5, 0.6) is 0 Å². The Balaban J connectivity index is 1.65. The molecule has 4 nitrogen and oxygen atoms in total. The molecule has 4 heteroatoms. The molecule has 0 spiro atoms. The molecule has 2 atom stereocenters. The van der Waals surface area contributed by atoms with Crippen molar-refractivity contribution in [3.05, 3.63) is 24.3 Å². The lowest BCUT2D eigenvalue weighted by Gasteiger charge is -2.16. The Labute approximate surface area is 112 Å². The highest BCUT2D eigenvalue weighted by Crippen LogP contribution is 2.38. The van der Waals surface area contributed by atoms with E-state index in [2.05, 4.69) is 12.2 Å². The second-order valence-corrected chi connectivity index (χ2v) is 5.50. The van der Waals surface area contributed by atoms with Crippen LogP contribution in [0.4, 0.5) is 11.4 Å². The highest BCUT2D eigenvalue weighted by atomic mass is 16.2. The highest BCUT2D eigenvalue weighted by molar-refractivity contribution is 5.97. The average Bonchev–Trinajstić information content (AvgIpc) is 2.98. The minimum atomic E-state index is 0.109. The van der Waals surface area contributed by atoms with Crippen LogP contribution in [0.3, 0.4) is 0 Å². The maximum atomic E-state index is 11.8. The lowest BCUT2D eigenvalue weighted by Crippen LogP contribution is -2.23. The minimum Gasteiger partial charge on any atom is -0.326 e. The fraction of sp³-hybridized carbons (Fsp3) is 0.467. The van der Waals surface area contributed by atoms with Gasteiger partial charge >= 0.3 is 0 Å². The Morgan fingerprint density at radius 1 is 1.32 bits per heavy atom. The van der Waals surface area contributed by atoms with Gasteiger partial charge in [0.1, 0.15) is 0 Å². The zero-order valence-corrected chi connectivity index (χ0v) is 11.1. The second-order valence-electron chi connectivity index (χ2n) is 5.50. The average molecular weight is 258 g/mol. The Bertz CT molecular complexity index is 509. The van der Waals surface area contributed by atoms with E-state index in [1.54, 1.807) is 4.90 Å². The molecule has 100 valence electrons. The summed E-state index contributed by atoms with van der Waals surface area (Å²) in [5, 5.41) is 2.92. The van der Waals surface area contributed by atoms with E-state index < -0.39 is 0 Å². The highest BCUT2D eigenvalue weighted by Gasteiger charge is 2.39. The summed E-state index contributed by atoms with van der Waals surface area (Å²) < 4.78 is 0. The molecule has 1 heterocycles. The van der Waals surface area contributed by atoms with Gasteiger partial charge in [0.05, 0.1) is 0 Å². The Hall–Kier alpha value is -1.84. The van der Waals surface area contributed by atoms with Crippen molar-refractivity contribution in [2.75, 3.05) is 16.8 Å². The summed E-state index contributed by atoms with van der Waals surface area (Å²) in [6.07, 6.45) is 2.56. The number of carbonyl (C=O) groups excluding carboxylic acids is 2. The first-order chi connectivity index (χ1) is 9.15. The zero-order valence-electron chi connectivity index (χ0n) is 11.1. The van der Waals surface area contributed by atoms with Crippen LogP contribution < -0.4 is 10.2 Å². The van der Waals surface area contributed by atoms with Crippen molar-refractivity contribution in [1.82, 2.24) is 0 Å². The molecule has 0 unspecified atom stereocenters. The van der Waals surface area contributed by atoms with E-state index >= 15 is 0 Å². The third-order valence-electron chi connectivity index (χ3n) is 3.97. The summed E-state index contributed by atoms with van der Waals surface area (Å²) in [4.78, 5) is 25.2. The Kier molecular flexibility index (Phi) is 3.01. The quantitative estimate of drug-likeness (QED) is 0.905. The van der Waals surface area contributed by atoms with Crippen LogP contribution in [0.1, 0.15) is 26.2 Å². The fourth-order valence-electron chi connectivity index (χ4n) is 2.57. The molecule has 1 N–H and O–H groups in total. The van der Waals surface area contributed by atoms with Crippen molar-refractivity contribution < 1.29 is 9.59 Å². The summed E-state index contributed by atoms with van der Waals surface area (Å²) in [7, 11) is 0. The summed E-state index contributed by atoms with van der Waals surface area (Å²) in [6, 6.07) is 7.53. The molecule has 0 aromatic heterocycles. The topological polar surface area (TPSA) is 49.4 Å². The predicted octanol–water partition coefficient (Wildman–Crippen LogP) is 2.41. The van der Waals surface area contributed by atoms with E-state index in [1.807, 2.05) is 24.3 Å². The molecule has 1 saturated heterocycles. The summed E-state index contributed by atoms with van der Waals surface area (Å²) in [5.41, 5.74) is 1.72. The van der Waals surface area contributed by atoms with Gasteiger partial charge in [-0.3, -0.25) is 9.59 Å². The Morgan fingerprint density at radius 3 is 2.53 bits per heavy atom. The molecule has 1 aromatic carbocycles. The number of nitrogens with zero attached hydrogens (tertiary/aromatic N) is 1. The van der Waals surface area contributed by atoms with Crippen LogP contribution in [0.25, 0.3) is 0 Å². The molecule has 0 radical (unpaired) electrons. The fourth-order valence-corrected chi connectivity index (χ4v) is 2.57. The number of rotatable bonds is 3. The molecule has 1 aliphatic carbocycles. The van der Waals surface area contributed by atoms with Gasteiger partial charge in [0.25, 0.3) is 0 Å². The van der Waals surface area contributed by atoms with Crippen molar-refractivity contribution in [2.24, 2.45) is 11.8 Å². The van der Waals surface area contributed by atoms with Gasteiger partial charge in [-0.1, -0.05) is 6.92 Å². The summed E-state index contributed by atoms with van der Waals surface area (Å²) >= 11 is 0. The van der Waals surface area contributed by atoms with E-state index in [9.17, 15) is 9.59 Å². The molecule has 1 aliphatic heterocycles. The van der Waals surface area contributed by atoms with Crippen molar-refractivity contribution >= 4 is 23.2 Å². The smallest absolute Gasteiger partial charge is 0.227 e. The molecule has 1 saturated carbocycles. The molecule has 2 fully saturated rings. The zero-order chi connectivity index (χ0) is 13.4.